The minimum absolute atomic E-state index is 0.00876. The van der Waals surface area contributed by atoms with Crippen LogP contribution in [0.3, 0.4) is 0 Å². The molecule has 3 heterocycles. The van der Waals surface area contributed by atoms with Gasteiger partial charge in [-0.15, -0.1) is 0 Å². The largest absolute Gasteiger partial charge is 0.481 e. The Morgan fingerprint density at radius 2 is 1.89 bits per heavy atom. The summed E-state index contributed by atoms with van der Waals surface area (Å²) in [5, 5.41) is 9.27. The Kier molecular flexibility index (Phi) is 6.21. The number of nitrogens with one attached hydrogen (secondary N) is 1. The molecule has 0 aliphatic heterocycles. The van der Waals surface area contributed by atoms with Crippen molar-refractivity contribution < 1.29 is 36.6 Å². The van der Waals surface area contributed by atoms with Crippen LogP contribution in [0, 0.1) is 11.6 Å². The second-order valence-electron chi connectivity index (χ2n) is 6.96. The number of carbonyl (C=O) groups is 1. The normalized spacial score (nSPS) is 11.5. The van der Waals surface area contributed by atoms with E-state index < -0.39 is 43.8 Å². The first-order valence-electron chi connectivity index (χ1n) is 9.57. The number of methoxy groups -OCH3 is 2. The van der Waals surface area contributed by atoms with Gasteiger partial charge in [-0.3, -0.25) is 9.12 Å². The maximum Gasteiger partial charge on any atom is 0.356 e. The summed E-state index contributed by atoms with van der Waals surface area (Å²) in [6.07, 6.45) is 2.30. The predicted molar refractivity (Wildman–Crippen MR) is 121 cm³/mol. The highest BCUT2D eigenvalue weighted by molar-refractivity contribution is 7.92. The van der Waals surface area contributed by atoms with Crippen LogP contribution in [-0.4, -0.2) is 48.1 Å². The van der Waals surface area contributed by atoms with E-state index in [4.69, 9.17) is 21.1 Å². The summed E-state index contributed by atoms with van der Waals surface area (Å²) in [7, 11) is -2.05. The average Bonchev–Trinajstić information content (AvgIpc) is 3.25. The second-order valence-corrected chi connectivity index (χ2v) is 9.05. The van der Waals surface area contributed by atoms with E-state index in [0.29, 0.717) is 0 Å². The molecule has 0 radical (unpaired) electrons. The fourth-order valence-electron chi connectivity index (χ4n) is 3.44. The number of benzene rings is 1. The van der Waals surface area contributed by atoms with Crippen molar-refractivity contribution in [2.75, 3.05) is 18.9 Å². The van der Waals surface area contributed by atoms with Crippen LogP contribution in [0.15, 0.2) is 47.8 Å². The van der Waals surface area contributed by atoms with Crippen molar-refractivity contribution in [2.45, 2.75) is 4.90 Å². The topological polar surface area (TPSA) is 132 Å². The Morgan fingerprint density at radius 3 is 2.54 bits per heavy atom. The number of aromatic carboxylic acids is 1. The summed E-state index contributed by atoms with van der Waals surface area (Å²) in [5.74, 6) is -3.99. The molecule has 2 N–H and O–H groups in total. The van der Waals surface area contributed by atoms with Crippen LogP contribution in [0.2, 0.25) is 5.02 Å². The Hall–Kier alpha value is -3.97. The maximum absolute atomic E-state index is 15.6. The summed E-state index contributed by atoms with van der Waals surface area (Å²) in [6.45, 7) is 0. The molecular formula is C21H15ClF2N4O6S. The zero-order valence-corrected chi connectivity index (χ0v) is 19.5. The molecule has 0 bridgehead atoms. The third-order valence-electron chi connectivity index (χ3n) is 4.93. The van der Waals surface area contributed by atoms with Crippen LogP contribution in [0.4, 0.5) is 14.5 Å². The van der Waals surface area contributed by atoms with E-state index in [1.165, 1.54) is 36.9 Å². The average molecular weight is 525 g/mol. The van der Waals surface area contributed by atoms with Gasteiger partial charge in [-0.1, -0.05) is 11.6 Å². The van der Waals surface area contributed by atoms with Gasteiger partial charge in [0.25, 0.3) is 10.0 Å². The maximum atomic E-state index is 15.6. The Morgan fingerprint density at radius 1 is 1.14 bits per heavy atom. The van der Waals surface area contributed by atoms with Crippen molar-refractivity contribution in [3.05, 3.63) is 65.2 Å². The fraction of sp³-hybridized carbons (Fsp3) is 0.0952. The Balaban J connectivity index is 1.86. The third-order valence-corrected chi connectivity index (χ3v) is 6.50. The van der Waals surface area contributed by atoms with Gasteiger partial charge in [-0.05, 0) is 30.3 Å². The molecule has 14 heteroatoms. The Labute approximate surface area is 201 Å². The smallest absolute Gasteiger partial charge is 0.356 e. The molecule has 4 aromatic rings. The van der Waals surface area contributed by atoms with Crippen molar-refractivity contribution >= 4 is 38.8 Å². The number of pyridine rings is 2. The summed E-state index contributed by atoms with van der Waals surface area (Å²) in [6, 6.07) is 5.37. The number of hydrogen-bond donors (Lipinski definition) is 2. The number of nitrogens with zero attached hydrogens (tertiary/aromatic N) is 3. The molecule has 35 heavy (non-hydrogen) atoms. The first-order chi connectivity index (χ1) is 16.6. The predicted octanol–water partition coefficient (Wildman–Crippen LogP) is 3.84. The first kappa shape index (κ1) is 24.2. The monoisotopic (exact) mass is 524 g/mol. The lowest BCUT2D eigenvalue weighted by atomic mass is 10.0. The molecule has 10 nitrogen and oxygen atoms in total. The zero-order chi connectivity index (χ0) is 25.5. The molecule has 0 aliphatic rings. The minimum Gasteiger partial charge on any atom is -0.481 e. The lowest BCUT2D eigenvalue weighted by Gasteiger charge is -2.16. The van der Waals surface area contributed by atoms with Gasteiger partial charge >= 0.3 is 5.97 Å². The van der Waals surface area contributed by atoms with E-state index >= 15 is 4.39 Å². The fourth-order valence-corrected chi connectivity index (χ4v) is 4.87. The summed E-state index contributed by atoms with van der Waals surface area (Å²) >= 11 is 5.85. The highest BCUT2D eigenvalue weighted by atomic mass is 35.5. The molecule has 0 unspecified atom stereocenters. The van der Waals surface area contributed by atoms with Crippen molar-refractivity contribution in [2.24, 2.45) is 0 Å². The number of ether oxygens (including phenoxy) is 2. The van der Waals surface area contributed by atoms with Crippen LogP contribution in [0.5, 0.6) is 11.8 Å². The number of carboxylic acid groups (broad SMARTS) is 1. The van der Waals surface area contributed by atoms with Gasteiger partial charge in [-0.2, -0.15) is 0 Å². The number of fused-ring (bicyclic) bond motifs is 1. The van der Waals surface area contributed by atoms with Crippen LogP contribution in [0.25, 0.3) is 16.6 Å². The van der Waals surface area contributed by atoms with E-state index in [9.17, 15) is 22.7 Å². The number of hydrogen-bond acceptors (Lipinski definition) is 7. The molecular weight excluding hydrogens is 510 g/mol. The van der Waals surface area contributed by atoms with Crippen molar-refractivity contribution in [3.8, 4) is 22.9 Å². The standard InChI is InChI=1S/C21H15ClF2N4O6S/c1-33-19-15(7-10(22)8-25-19)35(31,32)27-13-5-4-12(23)16(17(13)24)11-3-6-14-18(21(29)30)26-9-28(14)20(11)34-2/h3-9,27H,1-2H3,(H,29,30). The van der Waals surface area contributed by atoms with Gasteiger partial charge in [0.1, 0.15) is 12.1 Å². The zero-order valence-electron chi connectivity index (χ0n) is 17.9. The minimum atomic E-state index is -4.47. The number of sulfonamides is 1. The van der Waals surface area contributed by atoms with Gasteiger partial charge in [-0.25, -0.2) is 32.0 Å². The summed E-state index contributed by atoms with van der Waals surface area (Å²) in [4.78, 5) is 18.5. The molecule has 1 aromatic carbocycles. The quantitative estimate of drug-likeness (QED) is 0.372. The van der Waals surface area contributed by atoms with Gasteiger partial charge in [0, 0.05) is 11.8 Å². The van der Waals surface area contributed by atoms with Crippen LogP contribution in [-0.2, 0) is 10.0 Å². The van der Waals surface area contributed by atoms with Gasteiger partial charge in [0.05, 0.1) is 36.0 Å². The molecule has 182 valence electrons. The molecule has 0 atom stereocenters. The van der Waals surface area contributed by atoms with Crippen molar-refractivity contribution in [3.63, 3.8) is 0 Å². The molecule has 0 amide bonds. The van der Waals surface area contributed by atoms with Gasteiger partial charge < -0.3 is 14.6 Å². The number of imidazole rings is 1. The number of aromatic nitrogens is 3. The van der Waals surface area contributed by atoms with E-state index in [1.807, 2.05) is 0 Å². The molecule has 0 aliphatic carbocycles. The number of halogens is 3. The van der Waals surface area contributed by atoms with Gasteiger partial charge in [0.2, 0.25) is 11.8 Å². The van der Waals surface area contributed by atoms with E-state index in [2.05, 4.69) is 14.7 Å². The van der Waals surface area contributed by atoms with E-state index in [0.717, 1.165) is 24.5 Å². The molecule has 0 saturated carbocycles. The van der Waals surface area contributed by atoms with E-state index in [-0.39, 0.29) is 33.6 Å². The van der Waals surface area contributed by atoms with Crippen molar-refractivity contribution in [1.29, 1.82) is 0 Å². The summed E-state index contributed by atoms with van der Waals surface area (Å²) in [5.41, 5.74) is -1.49. The van der Waals surface area contributed by atoms with Crippen LogP contribution in [0.1, 0.15) is 10.5 Å². The molecule has 0 saturated heterocycles. The number of carboxylic acids is 1. The van der Waals surface area contributed by atoms with Crippen LogP contribution >= 0.6 is 11.6 Å². The highest BCUT2D eigenvalue weighted by Crippen LogP contribution is 2.38. The first-order valence-corrected chi connectivity index (χ1v) is 11.4. The van der Waals surface area contributed by atoms with Crippen LogP contribution < -0.4 is 14.2 Å². The third kappa shape index (κ3) is 4.19. The lowest BCUT2D eigenvalue weighted by molar-refractivity contribution is 0.0693. The second kappa shape index (κ2) is 9.00. The number of anilines is 1. The SMILES string of the molecule is COc1ncc(Cl)cc1S(=O)(=O)Nc1ccc(F)c(-c2ccc3c(C(=O)O)ncn3c2OC)c1F. The lowest BCUT2D eigenvalue weighted by Crippen LogP contribution is -2.16. The van der Waals surface area contributed by atoms with E-state index in [1.54, 1.807) is 0 Å². The molecule has 4 rings (SSSR count). The van der Waals surface area contributed by atoms with Crippen molar-refractivity contribution in [1.82, 2.24) is 14.4 Å². The van der Waals surface area contributed by atoms with Gasteiger partial charge in [0.15, 0.2) is 16.4 Å². The molecule has 3 aromatic heterocycles. The summed E-state index contributed by atoms with van der Waals surface area (Å²) < 4.78 is 69.8. The molecule has 0 fully saturated rings. The highest BCUT2D eigenvalue weighted by Gasteiger charge is 2.27. The number of rotatable bonds is 7. The Bertz CT molecular complexity index is 1590. The molecule has 0 spiro atoms.